The third kappa shape index (κ3) is 3.08. The Morgan fingerprint density at radius 3 is 2.27 bits per heavy atom. The average Bonchev–Trinajstić information content (AvgIpc) is 3.14. The van der Waals surface area contributed by atoms with Gasteiger partial charge in [0.05, 0.1) is 24.6 Å². The molecule has 0 spiro atoms. The third-order valence-electron chi connectivity index (χ3n) is 4.88. The zero-order chi connectivity index (χ0) is 17.9. The van der Waals surface area contributed by atoms with Crippen molar-refractivity contribution in [2.24, 2.45) is 5.10 Å². The summed E-state index contributed by atoms with van der Waals surface area (Å²) in [4.78, 5) is 0. The van der Waals surface area contributed by atoms with Gasteiger partial charge in [-0.05, 0) is 41.8 Å². The molecule has 0 bridgehead atoms. The Hall–Kier alpha value is -3.07. The van der Waals surface area contributed by atoms with Crippen LogP contribution in [-0.2, 0) is 0 Å². The molecule has 1 atom stereocenters. The van der Waals surface area contributed by atoms with Crippen LogP contribution in [0.2, 0.25) is 0 Å². The van der Waals surface area contributed by atoms with E-state index in [0.717, 1.165) is 23.6 Å². The molecule has 3 aromatic carbocycles. The molecule has 0 N–H and O–H groups in total. The highest BCUT2D eigenvalue weighted by atomic mass is 16.5. The van der Waals surface area contributed by atoms with Gasteiger partial charge in [-0.2, -0.15) is 5.10 Å². The highest BCUT2D eigenvalue weighted by molar-refractivity contribution is 6.03. The number of aryl methyl sites for hydroxylation is 1. The van der Waals surface area contributed by atoms with Crippen molar-refractivity contribution >= 4 is 11.4 Å². The van der Waals surface area contributed by atoms with Crippen LogP contribution in [0.4, 0.5) is 5.69 Å². The van der Waals surface area contributed by atoms with E-state index in [1.54, 1.807) is 7.11 Å². The van der Waals surface area contributed by atoms with E-state index in [2.05, 4.69) is 72.6 Å². The smallest absolute Gasteiger partial charge is 0.118 e. The molecule has 0 saturated carbocycles. The van der Waals surface area contributed by atoms with E-state index >= 15 is 0 Å². The number of hydrazone groups is 1. The van der Waals surface area contributed by atoms with Gasteiger partial charge in [0.2, 0.25) is 0 Å². The van der Waals surface area contributed by atoms with Gasteiger partial charge in [0.15, 0.2) is 0 Å². The van der Waals surface area contributed by atoms with Gasteiger partial charge in [-0.25, -0.2) is 0 Å². The van der Waals surface area contributed by atoms with Crippen LogP contribution in [0, 0.1) is 6.92 Å². The molecule has 0 fully saturated rings. The van der Waals surface area contributed by atoms with Crippen LogP contribution in [0.1, 0.15) is 29.2 Å². The van der Waals surface area contributed by atoms with E-state index in [-0.39, 0.29) is 6.04 Å². The monoisotopic (exact) mass is 342 g/mol. The minimum atomic E-state index is 0.178. The minimum Gasteiger partial charge on any atom is -0.497 e. The molecule has 0 saturated heterocycles. The molecule has 26 heavy (non-hydrogen) atoms. The topological polar surface area (TPSA) is 24.8 Å². The summed E-state index contributed by atoms with van der Waals surface area (Å²) in [6, 6.07) is 27.3. The van der Waals surface area contributed by atoms with Gasteiger partial charge in [0, 0.05) is 6.42 Å². The van der Waals surface area contributed by atoms with Crippen molar-refractivity contribution in [1.29, 1.82) is 0 Å². The lowest BCUT2D eigenvalue weighted by Gasteiger charge is -2.25. The summed E-state index contributed by atoms with van der Waals surface area (Å²) in [7, 11) is 1.70. The van der Waals surface area contributed by atoms with E-state index in [9.17, 15) is 0 Å². The molecule has 1 aliphatic heterocycles. The van der Waals surface area contributed by atoms with Crippen molar-refractivity contribution in [2.75, 3.05) is 12.1 Å². The Morgan fingerprint density at radius 2 is 1.58 bits per heavy atom. The predicted molar refractivity (Wildman–Crippen MR) is 107 cm³/mol. The van der Waals surface area contributed by atoms with Crippen molar-refractivity contribution in [3.05, 3.63) is 95.6 Å². The maximum Gasteiger partial charge on any atom is 0.118 e. The summed E-state index contributed by atoms with van der Waals surface area (Å²) in [5, 5.41) is 7.17. The maximum atomic E-state index is 5.31. The molecule has 1 aliphatic rings. The highest BCUT2D eigenvalue weighted by Crippen LogP contribution is 2.38. The first kappa shape index (κ1) is 16.4. The van der Waals surface area contributed by atoms with Gasteiger partial charge < -0.3 is 4.74 Å². The fourth-order valence-corrected chi connectivity index (χ4v) is 3.44. The van der Waals surface area contributed by atoms with Gasteiger partial charge in [-0.3, -0.25) is 5.01 Å². The van der Waals surface area contributed by atoms with E-state index in [0.29, 0.717) is 0 Å². The summed E-state index contributed by atoms with van der Waals surface area (Å²) in [5.74, 6) is 0.874. The molecule has 0 aromatic heterocycles. The Balaban J connectivity index is 1.75. The maximum absolute atomic E-state index is 5.31. The first-order valence-electron chi connectivity index (χ1n) is 8.88. The highest BCUT2D eigenvalue weighted by Gasteiger charge is 2.30. The third-order valence-corrected chi connectivity index (χ3v) is 4.88. The number of nitrogens with zero attached hydrogens (tertiary/aromatic N) is 2. The molecular formula is C23H22N2O. The second-order valence-corrected chi connectivity index (χ2v) is 6.54. The fourth-order valence-electron chi connectivity index (χ4n) is 3.44. The summed E-state index contributed by atoms with van der Waals surface area (Å²) >= 11 is 0. The van der Waals surface area contributed by atoms with Gasteiger partial charge in [0.25, 0.3) is 0 Å². The Morgan fingerprint density at radius 1 is 0.885 bits per heavy atom. The Labute approximate surface area is 154 Å². The number of benzene rings is 3. The second kappa shape index (κ2) is 7.04. The van der Waals surface area contributed by atoms with Crippen molar-refractivity contribution < 1.29 is 4.74 Å². The van der Waals surface area contributed by atoms with E-state index in [1.807, 2.05) is 18.2 Å². The van der Waals surface area contributed by atoms with Crippen LogP contribution in [0.3, 0.4) is 0 Å². The Bertz CT molecular complexity index is 916. The zero-order valence-electron chi connectivity index (χ0n) is 15.1. The SMILES string of the molecule is COc1ccc([C@@H]2CC(c3ccccc3)=NN2c2ccccc2C)cc1. The molecule has 4 rings (SSSR count). The van der Waals surface area contributed by atoms with Gasteiger partial charge in [-0.1, -0.05) is 60.7 Å². The summed E-state index contributed by atoms with van der Waals surface area (Å²) < 4.78 is 5.31. The van der Waals surface area contributed by atoms with E-state index in [4.69, 9.17) is 9.84 Å². The van der Waals surface area contributed by atoms with Crippen molar-refractivity contribution in [3.63, 3.8) is 0 Å². The van der Waals surface area contributed by atoms with Crippen LogP contribution in [0.25, 0.3) is 0 Å². The quantitative estimate of drug-likeness (QED) is 0.637. The van der Waals surface area contributed by atoms with Crippen LogP contribution >= 0.6 is 0 Å². The normalized spacial score (nSPS) is 16.5. The molecule has 3 heteroatoms. The number of methoxy groups -OCH3 is 1. The van der Waals surface area contributed by atoms with Crippen molar-refractivity contribution in [1.82, 2.24) is 0 Å². The standard InChI is InChI=1S/C23H22N2O/c1-17-8-6-7-11-22(17)25-23(19-12-14-20(26-2)15-13-19)16-21(24-25)18-9-4-3-5-10-18/h3-15,23H,16H2,1-2H3/t23-/m0/s1. The molecule has 0 amide bonds. The Kier molecular flexibility index (Phi) is 4.44. The lowest BCUT2D eigenvalue weighted by molar-refractivity contribution is 0.414. The van der Waals surface area contributed by atoms with Crippen LogP contribution in [0.15, 0.2) is 84.0 Å². The number of ether oxygens (including phenoxy) is 1. The summed E-state index contributed by atoms with van der Waals surface area (Å²) in [5.41, 5.74) is 5.92. The number of hydrogen-bond acceptors (Lipinski definition) is 3. The lowest BCUT2D eigenvalue weighted by atomic mass is 9.98. The van der Waals surface area contributed by atoms with Gasteiger partial charge in [0.1, 0.15) is 5.75 Å². The summed E-state index contributed by atoms with van der Waals surface area (Å²) in [6.45, 7) is 2.14. The zero-order valence-corrected chi connectivity index (χ0v) is 15.1. The van der Waals surface area contributed by atoms with E-state index in [1.165, 1.54) is 16.7 Å². The lowest BCUT2D eigenvalue weighted by Crippen LogP contribution is -2.19. The number of para-hydroxylation sites is 1. The van der Waals surface area contributed by atoms with Gasteiger partial charge >= 0.3 is 0 Å². The van der Waals surface area contributed by atoms with Crippen LogP contribution < -0.4 is 9.75 Å². The number of anilines is 1. The summed E-state index contributed by atoms with van der Waals surface area (Å²) in [6.07, 6.45) is 0.880. The number of rotatable bonds is 4. The molecule has 3 nitrogen and oxygen atoms in total. The average molecular weight is 342 g/mol. The predicted octanol–water partition coefficient (Wildman–Crippen LogP) is 5.36. The molecule has 3 aromatic rings. The molecule has 130 valence electrons. The molecular weight excluding hydrogens is 320 g/mol. The largest absolute Gasteiger partial charge is 0.497 e. The first-order chi connectivity index (χ1) is 12.8. The van der Waals surface area contributed by atoms with Crippen LogP contribution in [-0.4, -0.2) is 12.8 Å². The van der Waals surface area contributed by atoms with Crippen molar-refractivity contribution in [2.45, 2.75) is 19.4 Å². The number of hydrogen-bond donors (Lipinski definition) is 0. The molecule has 0 aliphatic carbocycles. The minimum absolute atomic E-state index is 0.178. The second-order valence-electron chi connectivity index (χ2n) is 6.54. The van der Waals surface area contributed by atoms with Gasteiger partial charge in [-0.15, -0.1) is 0 Å². The van der Waals surface area contributed by atoms with E-state index < -0.39 is 0 Å². The first-order valence-corrected chi connectivity index (χ1v) is 8.88. The van der Waals surface area contributed by atoms with Crippen LogP contribution in [0.5, 0.6) is 5.75 Å². The van der Waals surface area contributed by atoms with Crippen molar-refractivity contribution in [3.8, 4) is 5.75 Å². The molecule has 0 unspecified atom stereocenters. The fraction of sp³-hybridized carbons (Fsp3) is 0.174. The molecule has 1 heterocycles. The molecule has 0 radical (unpaired) electrons.